The molecule has 6 nitrogen and oxygen atoms in total. The van der Waals surface area contributed by atoms with Crippen LogP contribution in [0.25, 0.3) is 0 Å². The first kappa shape index (κ1) is 20.0. The third-order valence-corrected chi connectivity index (χ3v) is 5.56. The van der Waals surface area contributed by atoms with Gasteiger partial charge in [0.1, 0.15) is 11.5 Å². The number of benzene rings is 2. The lowest BCUT2D eigenvalue weighted by Gasteiger charge is -2.39. The van der Waals surface area contributed by atoms with Crippen LogP contribution in [-0.2, 0) is 0 Å². The standard InChI is InChI=1S/C24H27N3O3/c1-29-21-11-9-20(10-12-21)26-13-15-27(16-14-26)22(23-8-5-17-30-23)18-25-24(28)19-6-3-2-4-7-19/h2-12,17,22H,13-16,18H2,1H3,(H,25,28)/t22-/m0/s1. The fraction of sp³-hybridized carbons (Fsp3) is 0.292. The summed E-state index contributed by atoms with van der Waals surface area (Å²) in [6.07, 6.45) is 1.69. The van der Waals surface area contributed by atoms with Gasteiger partial charge in [0.25, 0.3) is 5.91 Å². The quantitative estimate of drug-likeness (QED) is 0.651. The molecule has 6 heteroatoms. The van der Waals surface area contributed by atoms with Crippen molar-refractivity contribution in [2.45, 2.75) is 6.04 Å². The SMILES string of the molecule is COc1ccc(N2CCN([C@@H](CNC(=O)c3ccccc3)c3ccco3)CC2)cc1. The van der Waals surface area contributed by atoms with Gasteiger partial charge in [-0.2, -0.15) is 0 Å². The molecule has 1 atom stereocenters. The predicted molar refractivity (Wildman–Crippen MR) is 117 cm³/mol. The van der Waals surface area contributed by atoms with Gasteiger partial charge in [-0.25, -0.2) is 0 Å². The van der Waals surface area contributed by atoms with E-state index in [-0.39, 0.29) is 11.9 Å². The predicted octanol–water partition coefficient (Wildman–Crippen LogP) is 3.58. The van der Waals surface area contributed by atoms with Crippen molar-refractivity contribution in [1.82, 2.24) is 10.2 Å². The molecule has 1 amide bonds. The van der Waals surface area contributed by atoms with E-state index < -0.39 is 0 Å². The Labute approximate surface area is 177 Å². The number of nitrogens with one attached hydrogen (secondary N) is 1. The van der Waals surface area contributed by atoms with Gasteiger partial charge in [-0.15, -0.1) is 0 Å². The number of anilines is 1. The number of furan rings is 1. The van der Waals surface area contributed by atoms with Crippen LogP contribution in [0.15, 0.2) is 77.4 Å². The molecule has 1 N–H and O–H groups in total. The van der Waals surface area contributed by atoms with Crippen LogP contribution in [0, 0.1) is 0 Å². The number of carbonyl (C=O) groups is 1. The van der Waals surface area contributed by atoms with E-state index in [4.69, 9.17) is 9.15 Å². The van der Waals surface area contributed by atoms with Gasteiger partial charge in [-0.1, -0.05) is 18.2 Å². The molecule has 4 rings (SSSR count). The molecule has 1 fully saturated rings. The fourth-order valence-electron chi connectivity index (χ4n) is 3.86. The monoisotopic (exact) mass is 405 g/mol. The summed E-state index contributed by atoms with van der Waals surface area (Å²) in [6, 6.07) is 21.4. The highest BCUT2D eigenvalue weighted by Gasteiger charge is 2.27. The maximum Gasteiger partial charge on any atom is 0.251 e. The van der Waals surface area contributed by atoms with Crippen molar-refractivity contribution in [1.29, 1.82) is 0 Å². The maximum absolute atomic E-state index is 12.5. The van der Waals surface area contributed by atoms with Crippen LogP contribution in [-0.4, -0.2) is 50.6 Å². The van der Waals surface area contributed by atoms with E-state index >= 15 is 0 Å². The van der Waals surface area contributed by atoms with Gasteiger partial charge < -0.3 is 19.4 Å². The third kappa shape index (κ3) is 4.66. The molecule has 0 aliphatic carbocycles. The van der Waals surface area contributed by atoms with Crippen LogP contribution in [0.3, 0.4) is 0 Å². The summed E-state index contributed by atoms with van der Waals surface area (Å²) in [6.45, 7) is 4.10. The van der Waals surface area contributed by atoms with Crippen molar-refractivity contribution in [3.8, 4) is 5.75 Å². The number of ether oxygens (including phenoxy) is 1. The first-order chi connectivity index (χ1) is 14.7. The summed E-state index contributed by atoms with van der Waals surface area (Å²) in [5.41, 5.74) is 1.86. The van der Waals surface area contributed by atoms with Crippen molar-refractivity contribution < 1.29 is 13.9 Å². The number of carbonyl (C=O) groups excluding carboxylic acids is 1. The molecule has 1 saturated heterocycles. The summed E-state index contributed by atoms with van der Waals surface area (Å²) in [7, 11) is 1.68. The minimum Gasteiger partial charge on any atom is -0.497 e. The molecule has 156 valence electrons. The summed E-state index contributed by atoms with van der Waals surface area (Å²) in [5.74, 6) is 1.68. The number of nitrogens with zero attached hydrogens (tertiary/aromatic N) is 2. The molecule has 0 radical (unpaired) electrons. The molecular formula is C24H27N3O3. The minimum atomic E-state index is -0.0657. The highest BCUT2D eigenvalue weighted by atomic mass is 16.5. The largest absolute Gasteiger partial charge is 0.497 e. The number of piperazine rings is 1. The zero-order chi connectivity index (χ0) is 20.8. The van der Waals surface area contributed by atoms with E-state index in [0.29, 0.717) is 12.1 Å². The van der Waals surface area contributed by atoms with E-state index in [1.807, 2.05) is 54.6 Å². The Bertz CT molecular complexity index is 918. The summed E-state index contributed by atoms with van der Waals surface area (Å²) >= 11 is 0. The van der Waals surface area contributed by atoms with Crippen LogP contribution in [0.2, 0.25) is 0 Å². The van der Waals surface area contributed by atoms with Crippen LogP contribution in [0.4, 0.5) is 5.69 Å². The second-order valence-electron chi connectivity index (χ2n) is 7.33. The Morgan fingerprint density at radius 1 is 1.00 bits per heavy atom. The summed E-state index contributed by atoms with van der Waals surface area (Å²) in [4.78, 5) is 17.3. The van der Waals surface area contributed by atoms with Gasteiger partial charge in [0.2, 0.25) is 0 Å². The normalized spacial score (nSPS) is 15.6. The molecule has 1 aliphatic heterocycles. The maximum atomic E-state index is 12.5. The van der Waals surface area contributed by atoms with Gasteiger partial charge in [0, 0.05) is 44.0 Å². The number of amides is 1. The van der Waals surface area contributed by atoms with Crippen molar-refractivity contribution >= 4 is 11.6 Å². The Kier molecular flexibility index (Phi) is 6.35. The topological polar surface area (TPSA) is 58.0 Å². The van der Waals surface area contributed by atoms with E-state index in [0.717, 1.165) is 37.7 Å². The number of hydrogen-bond donors (Lipinski definition) is 1. The molecule has 3 aromatic rings. The molecule has 1 aromatic heterocycles. The summed E-state index contributed by atoms with van der Waals surface area (Å²) in [5, 5.41) is 3.07. The van der Waals surface area contributed by atoms with Crippen molar-refractivity contribution in [3.05, 3.63) is 84.3 Å². The molecule has 2 aromatic carbocycles. The van der Waals surface area contributed by atoms with Gasteiger partial charge in [0.05, 0.1) is 19.4 Å². The molecule has 0 bridgehead atoms. The molecular weight excluding hydrogens is 378 g/mol. The van der Waals surface area contributed by atoms with Gasteiger partial charge in [0.15, 0.2) is 0 Å². The summed E-state index contributed by atoms with van der Waals surface area (Å²) < 4.78 is 11.0. The second kappa shape index (κ2) is 9.50. The Morgan fingerprint density at radius 3 is 2.37 bits per heavy atom. The number of hydrogen-bond acceptors (Lipinski definition) is 5. The van der Waals surface area contributed by atoms with Crippen molar-refractivity contribution in [2.75, 3.05) is 44.7 Å². The molecule has 1 aliphatic rings. The van der Waals surface area contributed by atoms with E-state index in [9.17, 15) is 4.79 Å². The lowest BCUT2D eigenvalue weighted by atomic mass is 10.1. The van der Waals surface area contributed by atoms with Gasteiger partial charge in [-0.3, -0.25) is 9.69 Å². The fourth-order valence-corrected chi connectivity index (χ4v) is 3.86. The van der Waals surface area contributed by atoms with Gasteiger partial charge >= 0.3 is 0 Å². The van der Waals surface area contributed by atoms with Crippen molar-refractivity contribution in [2.24, 2.45) is 0 Å². The molecule has 0 spiro atoms. The van der Waals surface area contributed by atoms with E-state index in [1.54, 1.807) is 13.4 Å². The first-order valence-electron chi connectivity index (χ1n) is 10.2. The van der Waals surface area contributed by atoms with Gasteiger partial charge in [-0.05, 0) is 48.5 Å². The second-order valence-corrected chi connectivity index (χ2v) is 7.33. The lowest BCUT2D eigenvalue weighted by Crippen LogP contribution is -2.49. The van der Waals surface area contributed by atoms with Crippen molar-refractivity contribution in [3.63, 3.8) is 0 Å². The number of methoxy groups -OCH3 is 1. The van der Waals surface area contributed by atoms with E-state index in [2.05, 4.69) is 27.2 Å². The molecule has 30 heavy (non-hydrogen) atoms. The average molecular weight is 405 g/mol. The smallest absolute Gasteiger partial charge is 0.251 e. The lowest BCUT2D eigenvalue weighted by molar-refractivity contribution is 0.0923. The zero-order valence-corrected chi connectivity index (χ0v) is 17.2. The highest BCUT2D eigenvalue weighted by molar-refractivity contribution is 5.94. The average Bonchev–Trinajstić information content (AvgIpc) is 3.35. The highest BCUT2D eigenvalue weighted by Crippen LogP contribution is 2.25. The van der Waals surface area contributed by atoms with Crippen LogP contribution in [0.5, 0.6) is 5.75 Å². The molecule has 2 heterocycles. The van der Waals surface area contributed by atoms with Crippen LogP contribution in [0.1, 0.15) is 22.2 Å². The van der Waals surface area contributed by atoms with Crippen LogP contribution >= 0.6 is 0 Å². The minimum absolute atomic E-state index is 0.00526. The Morgan fingerprint density at radius 2 is 1.73 bits per heavy atom. The van der Waals surface area contributed by atoms with Crippen LogP contribution < -0.4 is 15.0 Å². The van der Waals surface area contributed by atoms with E-state index in [1.165, 1.54) is 5.69 Å². The zero-order valence-electron chi connectivity index (χ0n) is 17.2. The molecule has 0 saturated carbocycles. The first-order valence-corrected chi connectivity index (χ1v) is 10.2. The Balaban J connectivity index is 1.39. The molecule has 0 unspecified atom stereocenters. The number of rotatable bonds is 7. The Hall–Kier alpha value is -3.25. The third-order valence-electron chi connectivity index (χ3n) is 5.56.